The van der Waals surface area contributed by atoms with Crippen molar-refractivity contribution in [1.29, 1.82) is 0 Å². The van der Waals surface area contributed by atoms with Crippen LogP contribution in [0.3, 0.4) is 0 Å². The zero-order valence-electron chi connectivity index (χ0n) is 13.0. The summed E-state index contributed by atoms with van der Waals surface area (Å²) in [5, 5.41) is 11.9. The lowest BCUT2D eigenvalue weighted by Crippen LogP contribution is -2.22. The van der Waals surface area contributed by atoms with Crippen molar-refractivity contribution in [2.45, 2.75) is 38.7 Å². The predicted molar refractivity (Wildman–Crippen MR) is 88.9 cm³/mol. The van der Waals surface area contributed by atoms with E-state index in [2.05, 4.69) is 16.0 Å². The van der Waals surface area contributed by atoms with Crippen molar-refractivity contribution in [3.05, 3.63) is 46.6 Å². The number of nitrogens with zero attached hydrogens (tertiary/aromatic N) is 4. The monoisotopic (exact) mass is 328 g/mol. The molecule has 3 aromatic rings. The van der Waals surface area contributed by atoms with Gasteiger partial charge in [-0.25, -0.2) is 9.97 Å². The lowest BCUT2D eigenvalue weighted by molar-refractivity contribution is 0.0306. The summed E-state index contributed by atoms with van der Waals surface area (Å²) in [4.78, 5) is 13.1. The van der Waals surface area contributed by atoms with E-state index >= 15 is 0 Å². The maximum atomic E-state index is 10.8. The Balaban J connectivity index is 1.95. The first kappa shape index (κ1) is 14.6. The summed E-state index contributed by atoms with van der Waals surface area (Å²) in [6, 6.07) is 6.04. The molecule has 5 nitrogen and oxygen atoms in total. The van der Waals surface area contributed by atoms with Crippen molar-refractivity contribution in [1.82, 2.24) is 19.5 Å². The van der Waals surface area contributed by atoms with Crippen LogP contribution in [0.4, 0.5) is 0 Å². The number of hydrogen-bond donors (Lipinski definition) is 1. The van der Waals surface area contributed by atoms with Gasteiger partial charge in [0.1, 0.15) is 11.4 Å². The molecule has 0 unspecified atom stereocenters. The molecule has 0 spiro atoms. The second kappa shape index (κ2) is 5.01. The first-order valence-electron chi connectivity index (χ1n) is 7.75. The van der Waals surface area contributed by atoms with E-state index in [1.807, 2.05) is 30.5 Å². The smallest absolute Gasteiger partial charge is 0.224 e. The average molecular weight is 329 g/mol. The van der Waals surface area contributed by atoms with Crippen LogP contribution in [0, 0.1) is 6.92 Å². The summed E-state index contributed by atoms with van der Waals surface area (Å²) in [7, 11) is 0. The summed E-state index contributed by atoms with van der Waals surface area (Å²) in [6.45, 7) is 3.99. The van der Waals surface area contributed by atoms with Crippen molar-refractivity contribution in [2.24, 2.45) is 0 Å². The molecule has 1 atom stereocenters. The molecule has 118 valence electrons. The zero-order valence-corrected chi connectivity index (χ0v) is 13.8. The Kier molecular flexibility index (Phi) is 3.18. The second-order valence-electron chi connectivity index (χ2n) is 6.10. The van der Waals surface area contributed by atoms with Gasteiger partial charge in [0, 0.05) is 17.3 Å². The molecule has 0 aliphatic heterocycles. The molecule has 0 amide bonds. The molecule has 0 radical (unpaired) electrons. The van der Waals surface area contributed by atoms with Crippen LogP contribution in [0.15, 0.2) is 24.4 Å². The molecule has 1 aliphatic rings. The highest BCUT2D eigenvalue weighted by molar-refractivity contribution is 6.28. The van der Waals surface area contributed by atoms with Crippen LogP contribution in [-0.4, -0.2) is 24.6 Å². The van der Waals surface area contributed by atoms with Crippen LogP contribution >= 0.6 is 11.6 Å². The molecule has 3 heterocycles. The topological polar surface area (TPSA) is 63.8 Å². The molecule has 6 heteroatoms. The van der Waals surface area contributed by atoms with Gasteiger partial charge in [0.05, 0.1) is 5.69 Å². The van der Waals surface area contributed by atoms with Gasteiger partial charge in [0.15, 0.2) is 5.65 Å². The van der Waals surface area contributed by atoms with E-state index in [1.54, 1.807) is 6.20 Å². The highest BCUT2D eigenvalue weighted by Crippen LogP contribution is 2.38. The van der Waals surface area contributed by atoms with E-state index < -0.39 is 5.60 Å². The van der Waals surface area contributed by atoms with Crippen LogP contribution in [0.5, 0.6) is 0 Å². The van der Waals surface area contributed by atoms with E-state index in [-0.39, 0.29) is 5.28 Å². The largest absolute Gasteiger partial charge is 0.384 e. The van der Waals surface area contributed by atoms with Gasteiger partial charge in [-0.3, -0.25) is 4.57 Å². The Hall–Kier alpha value is -1.98. The first-order valence-corrected chi connectivity index (χ1v) is 8.13. The fourth-order valence-corrected chi connectivity index (χ4v) is 3.53. The number of aliphatic hydroxyl groups is 1. The van der Waals surface area contributed by atoms with E-state index in [1.165, 1.54) is 0 Å². The average Bonchev–Trinajstić information content (AvgIpc) is 3.04. The second-order valence-corrected chi connectivity index (χ2v) is 6.44. The zero-order chi connectivity index (χ0) is 16.2. The van der Waals surface area contributed by atoms with Gasteiger partial charge in [0.25, 0.3) is 0 Å². The maximum absolute atomic E-state index is 10.8. The van der Waals surface area contributed by atoms with E-state index in [0.717, 1.165) is 46.6 Å². The van der Waals surface area contributed by atoms with Crippen LogP contribution < -0.4 is 0 Å². The normalized spacial score (nSPS) is 20.2. The van der Waals surface area contributed by atoms with Crippen molar-refractivity contribution in [3.63, 3.8) is 0 Å². The predicted octanol–water partition coefficient (Wildman–Crippen LogP) is 3.32. The SMILES string of the molecule is CC[C@@]1(O)CCc2ccc(-n3c(C)cc4cnc(Cl)nc43)nc21. The lowest BCUT2D eigenvalue weighted by atomic mass is 9.98. The molecule has 0 saturated carbocycles. The first-order chi connectivity index (χ1) is 11.0. The molecule has 1 N–H and O–H groups in total. The molecular formula is C17H17ClN4O. The number of pyridine rings is 1. The third kappa shape index (κ3) is 2.15. The standard InChI is InChI=1S/C17H17ClN4O/c1-3-17(23)7-6-11-4-5-13(20-14(11)17)22-10(2)8-12-9-19-16(18)21-15(12)22/h4-5,8-9,23H,3,6-7H2,1-2H3/t17-/m1/s1. The third-order valence-electron chi connectivity index (χ3n) is 4.72. The Morgan fingerprint density at radius 2 is 2.17 bits per heavy atom. The van der Waals surface area contributed by atoms with Gasteiger partial charge in [0.2, 0.25) is 5.28 Å². The van der Waals surface area contributed by atoms with Gasteiger partial charge < -0.3 is 5.11 Å². The minimum atomic E-state index is -0.825. The summed E-state index contributed by atoms with van der Waals surface area (Å²) in [5.74, 6) is 0.750. The number of fused-ring (bicyclic) bond motifs is 2. The molecular weight excluding hydrogens is 312 g/mol. The quantitative estimate of drug-likeness (QED) is 0.733. The summed E-state index contributed by atoms with van der Waals surface area (Å²) < 4.78 is 1.96. The summed E-state index contributed by atoms with van der Waals surface area (Å²) in [5.41, 5.74) is 2.82. The summed E-state index contributed by atoms with van der Waals surface area (Å²) >= 11 is 5.95. The van der Waals surface area contributed by atoms with E-state index in [0.29, 0.717) is 6.42 Å². The van der Waals surface area contributed by atoms with Crippen LogP contribution in [0.2, 0.25) is 5.28 Å². The number of hydrogen-bond acceptors (Lipinski definition) is 4. The van der Waals surface area contributed by atoms with Crippen LogP contribution in [0.1, 0.15) is 36.7 Å². The van der Waals surface area contributed by atoms with Gasteiger partial charge in [-0.1, -0.05) is 13.0 Å². The van der Waals surface area contributed by atoms with Crippen molar-refractivity contribution in [3.8, 4) is 5.82 Å². The van der Waals surface area contributed by atoms with Crippen molar-refractivity contribution >= 4 is 22.6 Å². The van der Waals surface area contributed by atoms with Crippen LogP contribution in [-0.2, 0) is 12.0 Å². The molecule has 23 heavy (non-hydrogen) atoms. The fourth-order valence-electron chi connectivity index (χ4n) is 3.40. The molecule has 0 fully saturated rings. The minimum absolute atomic E-state index is 0.211. The maximum Gasteiger partial charge on any atom is 0.224 e. The number of halogens is 1. The fraction of sp³-hybridized carbons (Fsp3) is 0.353. The Morgan fingerprint density at radius 1 is 1.35 bits per heavy atom. The molecule has 0 aromatic carbocycles. The van der Waals surface area contributed by atoms with Crippen LogP contribution in [0.25, 0.3) is 16.9 Å². The number of aryl methyl sites for hydroxylation is 2. The van der Waals surface area contributed by atoms with Gasteiger partial charge in [-0.15, -0.1) is 0 Å². The van der Waals surface area contributed by atoms with E-state index in [9.17, 15) is 5.11 Å². The van der Waals surface area contributed by atoms with Gasteiger partial charge in [-0.05, 0) is 55.5 Å². The highest BCUT2D eigenvalue weighted by Gasteiger charge is 2.36. The highest BCUT2D eigenvalue weighted by atomic mass is 35.5. The van der Waals surface area contributed by atoms with Gasteiger partial charge in [-0.2, -0.15) is 4.98 Å². The van der Waals surface area contributed by atoms with Crippen molar-refractivity contribution in [2.75, 3.05) is 0 Å². The molecule has 4 rings (SSSR count). The van der Waals surface area contributed by atoms with Crippen molar-refractivity contribution < 1.29 is 5.11 Å². The molecule has 1 aliphatic carbocycles. The van der Waals surface area contributed by atoms with E-state index in [4.69, 9.17) is 16.6 Å². The summed E-state index contributed by atoms with van der Waals surface area (Å²) in [6.07, 6.45) is 3.97. The Morgan fingerprint density at radius 3 is 2.96 bits per heavy atom. The molecule has 3 aromatic heterocycles. The lowest BCUT2D eigenvalue weighted by Gasteiger charge is -2.21. The molecule has 0 bridgehead atoms. The Bertz CT molecular complexity index is 920. The van der Waals surface area contributed by atoms with Gasteiger partial charge >= 0.3 is 0 Å². The Labute approximate surface area is 139 Å². The number of aromatic nitrogens is 4. The number of rotatable bonds is 2. The molecule has 0 saturated heterocycles. The third-order valence-corrected chi connectivity index (χ3v) is 4.90. The minimum Gasteiger partial charge on any atom is -0.384 e.